The summed E-state index contributed by atoms with van der Waals surface area (Å²) in [4.78, 5) is 0. The van der Waals surface area contributed by atoms with Crippen LogP contribution in [0.25, 0.3) is 22.7 Å². The van der Waals surface area contributed by atoms with Crippen LogP contribution in [0.4, 0.5) is 0 Å². The van der Waals surface area contributed by atoms with E-state index in [1.54, 1.807) is 0 Å². The van der Waals surface area contributed by atoms with Crippen LogP contribution in [0.15, 0.2) is 42.5 Å². The number of fused-ring (bicyclic) bond motifs is 1. The average molecular weight is 339 g/mol. The number of ether oxygens (including phenoxy) is 1. The van der Waals surface area contributed by atoms with Crippen molar-refractivity contribution >= 4 is 34.4 Å². The van der Waals surface area contributed by atoms with E-state index in [1.165, 1.54) is 28.4 Å². The number of hydrogen-bond acceptors (Lipinski definition) is 5. The molecule has 2 aromatic carbocycles. The fraction of sp³-hybridized carbons (Fsp3) is 0.263. The standard InChI is InChI=1S/C19H21N3OS/c1-3-15(16-6-9-18-19(13-16)22-24-21-18)12-14-4-7-17(8-5-14)23-11-10-20-2/h4-9,12-13,20H,3,10-11H2,1-2H3. The van der Waals surface area contributed by atoms with E-state index in [1.807, 2.05) is 25.2 Å². The SMILES string of the molecule is CCC(=Cc1ccc(OCCNC)cc1)c1ccc2nsnc2c1. The number of nitrogens with zero attached hydrogens (tertiary/aromatic N) is 2. The van der Waals surface area contributed by atoms with Gasteiger partial charge in [0.2, 0.25) is 0 Å². The van der Waals surface area contributed by atoms with Crippen molar-refractivity contribution in [2.24, 2.45) is 0 Å². The molecule has 0 aliphatic rings. The quantitative estimate of drug-likeness (QED) is 0.517. The summed E-state index contributed by atoms with van der Waals surface area (Å²) in [7, 11) is 1.92. The molecule has 0 fully saturated rings. The number of allylic oxidation sites excluding steroid dienone is 1. The van der Waals surface area contributed by atoms with E-state index in [2.05, 4.69) is 51.3 Å². The minimum absolute atomic E-state index is 0.674. The number of nitrogens with one attached hydrogen (secondary N) is 1. The van der Waals surface area contributed by atoms with Gasteiger partial charge in [0.1, 0.15) is 23.4 Å². The molecule has 4 nitrogen and oxygen atoms in total. The second-order valence-electron chi connectivity index (χ2n) is 5.51. The first kappa shape index (κ1) is 16.6. The molecule has 5 heteroatoms. The van der Waals surface area contributed by atoms with Gasteiger partial charge >= 0.3 is 0 Å². The second kappa shape index (κ2) is 8.04. The van der Waals surface area contributed by atoms with Gasteiger partial charge in [-0.05, 0) is 54.4 Å². The van der Waals surface area contributed by atoms with Gasteiger partial charge in [0.25, 0.3) is 0 Å². The van der Waals surface area contributed by atoms with Crippen LogP contribution < -0.4 is 10.1 Å². The third-order valence-corrected chi connectivity index (χ3v) is 4.40. The molecular formula is C19H21N3OS. The first-order valence-electron chi connectivity index (χ1n) is 8.11. The Morgan fingerprint density at radius 3 is 2.67 bits per heavy atom. The summed E-state index contributed by atoms with van der Waals surface area (Å²) < 4.78 is 14.3. The van der Waals surface area contributed by atoms with Crippen molar-refractivity contribution in [3.63, 3.8) is 0 Å². The maximum absolute atomic E-state index is 5.66. The summed E-state index contributed by atoms with van der Waals surface area (Å²) in [6.45, 7) is 3.69. The third kappa shape index (κ3) is 3.99. The predicted molar refractivity (Wildman–Crippen MR) is 101 cm³/mol. The molecular weight excluding hydrogens is 318 g/mol. The van der Waals surface area contributed by atoms with E-state index < -0.39 is 0 Å². The van der Waals surface area contributed by atoms with Gasteiger partial charge in [-0.3, -0.25) is 0 Å². The van der Waals surface area contributed by atoms with Crippen molar-refractivity contribution in [3.05, 3.63) is 53.6 Å². The van der Waals surface area contributed by atoms with Crippen molar-refractivity contribution in [3.8, 4) is 5.75 Å². The Balaban J connectivity index is 1.79. The molecule has 0 spiro atoms. The molecule has 0 aliphatic carbocycles. The van der Waals surface area contributed by atoms with Crippen LogP contribution in [0.2, 0.25) is 0 Å². The van der Waals surface area contributed by atoms with Crippen LogP contribution in [0.3, 0.4) is 0 Å². The van der Waals surface area contributed by atoms with Gasteiger partial charge < -0.3 is 10.1 Å². The van der Waals surface area contributed by atoms with Gasteiger partial charge in [-0.15, -0.1) is 0 Å². The second-order valence-corrected chi connectivity index (χ2v) is 6.04. The van der Waals surface area contributed by atoms with Gasteiger partial charge in [0.15, 0.2) is 0 Å². The van der Waals surface area contributed by atoms with Crippen molar-refractivity contribution < 1.29 is 4.74 Å². The van der Waals surface area contributed by atoms with Gasteiger partial charge in [-0.2, -0.15) is 8.75 Å². The largest absolute Gasteiger partial charge is 0.492 e. The van der Waals surface area contributed by atoms with E-state index in [-0.39, 0.29) is 0 Å². The molecule has 0 bridgehead atoms. The minimum Gasteiger partial charge on any atom is -0.492 e. The highest BCUT2D eigenvalue weighted by Gasteiger charge is 2.04. The molecule has 24 heavy (non-hydrogen) atoms. The lowest BCUT2D eigenvalue weighted by atomic mass is 10.00. The summed E-state index contributed by atoms with van der Waals surface area (Å²) in [5.74, 6) is 0.899. The zero-order chi connectivity index (χ0) is 16.8. The number of benzene rings is 2. The normalized spacial score (nSPS) is 11.8. The lowest BCUT2D eigenvalue weighted by Crippen LogP contribution is -2.15. The van der Waals surface area contributed by atoms with Gasteiger partial charge in [0, 0.05) is 6.54 Å². The number of aromatic nitrogens is 2. The first-order valence-corrected chi connectivity index (χ1v) is 8.84. The smallest absolute Gasteiger partial charge is 0.119 e. The molecule has 0 radical (unpaired) electrons. The molecule has 0 saturated carbocycles. The minimum atomic E-state index is 0.674. The third-order valence-electron chi connectivity index (χ3n) is 3.85. The lowest BCUT2D eigenvalue weighted by Gasteiger charge is -2.08. The molecule has 1 N–H and O–H groups in total. The average Bonchev–Trinajstić information content (AvgIpc) is 3.09. The van der Waals surface area contributed by atoms with Crippen molar-refractivity contribution in [2.75, 3.05) is 20.2 Å². The van der Waals surface area contributed by atoms with Crippen molar-refractivity contribution in [2.45, 2.75) is 13.3 Å². The predicted octanol–water partition coefficient (Wildman–Crippen LogP) is 4.24. The molecule has 1 heterocycles. The summed E-state index contributed by atoms with van der Waals surface area (Å²) in [6, 6.07) is 14.5. The summed E-state index contributed by atoms with van der Waals surface area (Å²) in [5.41, 5.74) is 5.58. The summed E-state index contributed by atoms with van der Waals surface area (Å²) >= 11 is 1.26. The van der Waals surface area contributed by atoms with E-state index >= 15 is 0 Å². The Morgan fingerprint density at radius 2 is 1.92 bits per heavy atom. The number of hydrogen-bond donors (Lipinski definition) is 1. The van der Waals surface area contributed by atoms with Crippen LogP contribution in [-0.2, 0) is 0 Å². The Bertz CT molecular complexity index is 824. The van der Waals surface area contributed by atoms with Crippen LogP contribution >= 0.6 is 11.7 Å². The van der Waals surface area contributed by atoms with Crippen LogP contribution in [0, 0.1) is 0 Å². The highest BCUT2D eigenvalue weighted by Crippen LogP contribution is 2.25. The molecule has 0 unspecified atom stereocenters. The Hall–Kier alpha value is -2.24. The summed E-state index contributed by atoms with van der Waals surface area (Å²) in [6.07, 6.45) is 3.18. The van der Waals surface area contributed by atoms with E-state index in [0.29, 0.717) is 6.61 Å². The van der Waals surface area contributed by atoms with E-state index in [9.17, 15) is 0 Å². The molecule has 3 aromatic rings. The fourth-order valence-corrected chi connectivity index (χ4v) is 3.02. The van der Waals surface area contributed by atoms with Crippen LogP contribution in [0.5, 0.6) is 5.75 Å². The lowest BCUT2D eigenvalue weighted by molar-refractivity contribution is 0.318. The fourth-order valence-electron chi connectivity index (χ4n) is 2.50. The molecule has 124 valence electrons. The Morgan fingerprint density at radius 1 is 1.12 bits per heavy atom. The molecule has 0 aliphatic heterocycles. The maximum Gasteiger partial charge on any atom is 0.119 e. The van der Waals surface area contributed by atoms with Gasteiger partial charge in [0.05, 0.1) is 11.7 Å². The Kier molecular flexibility index (Phi) is 5.56. The van der Waals surface area contributed by atoms with E-state index in [0.717, 1.165) is 29.7 Å². The molecule has 0 atom stereocenters. The van der Waals surface area contributed by atoms with Gasteiger partial charge in [-0.1, -0.05) is 31.2 Å². The van der Waals surface area contributed by atoms with E-state index in [4.69, 9.17) is 4.74 Å². The molecule has 0 amide bonds. The maximum atomic E-state index is 5.66. The number of likely N-dealkylation sites (N-methyl/N-ethyl adjacent to an activating group) is 1. The Labute approximate surface area is 146 Å². The zero-order valence-corrected chi connectivity index (χ0v) is 14.8. The topological polar surface area (TPSA) is 47.0 Å². The van der Waals surface area contributed by atoms with Crippen LogP contribution in [-0.4, -0.2) is 28.9 Å². The van der Waals surface area contributed by atoms with Gasteiger partial charge in [-0.25, -0.2) is 0 Å². The summed E-state index contributed by atoms with van der Waals surface area (Å²) in [5, 5.41) is 3.07. The molecule has 3 rings (SSSR count). The molecule has 1 aromatic heterocycles. The van der Waals surface area contributed by atoms with Crippen molar-refractivity contribution in [1.82, 2.24) is 14.1 Å². The molecule has 0 saturated heterocycles. The monoisotopic (exact) mass is 339 g/mol. The highest BCUT2D eigenvalue weighted by atomic mass is 32.1. The number of rotatable bonds is 7. The zero-order valence-electron chi connectivity index (χ0n) is 14.0. The highest BCUT2D eigenvalue weighted by molar-refractivity contribution is 7.00. The van der Waals surface area contributed by atoms with Crippen LogP contribution in [0.1, 0.15) is 24.5 Å². The van der Waals surface area contributed by atoms with Crippen molar-refractivity contribution in [1.29, 1.82) is 0 Å². The first-order chi connectivity index (χ1) is 11.8.